The van der Waals surface area contributed by atoms with Crippen LogP contribution in [0.1, 0.15) is 34.7 Å². The average molecular weight is 307 g/mol. The van der Waals surface area contributed by atoms with Gasteiger partial charge in [-0.15, -0.1) is 0 Å². The zero-order valence-corrected chi connectivity index (χ0v) is 12.8. The van der Waals surface area contributed by atoms with Gasteiger partial charge in [-0.2, -0.15) is 4.73 Å². The minimum Gasteiger partial charge on any atom is -0.618 e. The molecule has 0 saturated carbocycles. The van der Waals surface area contributed by atoms with Gasteiger partial charge >= 0.3 is 5.91 Å². The van der Waals surface area contributed by atoms with Gasteiger partial charge in [0, 0.05) is 35.3 Å². The highest BCUT2D eigenvalue weighted by molar-refractivity contribution is 5.92. The number of aromatic amines is 1. The lowest BCUT2D eigenvalue weighted by molar-refractivity contribution is -0.608. The van der Waals surface area contributed by atoms with Crippen molar-refractivity contribution >= 4 is 16.8 Å². The maximum atomic E-state index is 12.7. The maximum Gasteiger partial charge on any atom is 0.320 e. The Morgan fingerprint density at radius 3 is 2.87 bits per heavy atom. The van der Waals surface area contributed by atoms with E-state index in [1.54, 1.807) is 23.1 Å². The zero-order chi connectivity index (χ0) is 16.0. The van der Waals surface area contributed by atoms with Gasteiger partial charge in [-0.25, -0.2) is 0 Å². The predicted octanol–water partition coefficient (Wildman–Crippen LogP) is 2.56. The summed E-state index contributed by atoms with van der Waals surface area (Å²) in [5, 5.41) is 13.1. The first-order chi connectivity index (χ1) is 11.2. The second-order valence-electron chi connectivity index (χ2n) is 5.90. The van der Waals surface area contributed by atoms with Crippen molar-refractivity contribution in [2.45, 2.75) is 19.4 Å². The van der Waals surface area contributed by atoms with E-state index in [0.29, 0.717) is 11.3 Å². The first-order valence-corrected chi connectivity index (χ1v) is 7.75. The van der Waals surface area contributed by atoms with E-state index in [-0.39, 0.29) is 17.6 Å². The van der Waals surface area contributed by atoms with Crippen LogP contribution in [0.15, 0.2) is 48.7 Å². The number of hydrogen-bond donors (Lipinski definition) is 1. The van der Waals surface area contributed by atoms with Crippen molar-refractivity contribution in [1.82, 2.24) is 9.88 Å². The van der Waals surface area contributed by atoms with Crippen molar-refractivity contribution in [3.05, 3.63) is 70.8 Å². The van der Waals surface area contributed by atoms with Crippen LogP contribution >= 0.6 is 0 Å². The molecule has 0 radical (unpaired) electrons. The van der Waals surface area contributed by atoms with Crippen LogP contribution in [-0.2, 0) is 6.42 Å². The lowest BCUT2D eigenvalue weighted by atomic mass is 9.98. The van der Waals surface area contributed by atoms with Gasteiger partial charge in [-0.3, -0.25) is 4.79 Å². The molecule has 116 valence electrons. The van der Waals surface area contributed by atoms with Crippen molar-refractivity contribution in [3.8, 4) is 0 Å². The Balaban J connectivity index is 1.74. The Hall–Kier alpha value is -2.82. The number of hydrogen-bond acceptors (Lipinski definition) is 2. The third kappa shape index (κ3) is 2.08. The van der Waals surface area contributed by atoms with Crippen LogP contribution in [0, 0.1) is 5.21 Å². The minimum atomic E-state index is -0.225. The summed E-state index contributed by atoms with van der Waals surface area (Å²) in [6, 6.07) is 13.0. The number of carbonyl (C=O) groups is 1. The van der Waals surface area contributed by atoms with E-state index in [1.165, 1.54) is 17.1 Å². The van der Waals surface area contributed by atoms with Gasteiger partial charge < -0.3 is 15.1 Å². The van der Waals surface area contributed by atoms with Crippen LogP contribution in [0.4, 0.5) is 0 Å². The van der Waals surface area contributed by atoms with Gasteiger partial charge in [0.15, 0.2) is 6.20 Å². The smallest absolute Gasteiger partial charge is 0.320 e. The quantitative estimate of drug-likeness (QED) is 0.555. The molecular weight excluding hydrogens is 290 g/mol. The molecule has 0 fully saturated rings. The molecule has 5 heteroatoms. The highest BCUT2D eigenvalue weighted by Gasteiger charge is 2.33. The average Bonchev–Trinajstić information content (AvgIpc) is 2.95. The predicted molar refractivity (Wildman–Crippen MR) is 86.9 cm³/mol. The third-order valence-corrected chi connectivity index (χ3v) is 4.64. The van der Waals surface area contributed by atoms with Gasteiger partial charge in [-0.1, -0.05) is 18.2 Å². The van der Waals surface area contributed by atoms with E-state index in [4.69, 9.17) is 0 Å². The molecular formula is C18H17N3O2. The molecule has 0 bridgehead atoms. The van der Waals surface area contributed by atoms with Crippen molar-refractivity contribution in [3.63, 3.8) is 0 Å². The fourth-order valence-electron chi connectivity index (χ4n) is 3.45. The summed E-state index contributed by atoms with van der Waals surface area (Å²) in [6.07, 6.45) is 2.15. The van der Waals surface area contributed by atoms with Crippen molar-refractivity contribution in [1.29, 1.82) is 0 Å². The van der Waals surface area contributed by atoms with E-state index in [1.807, 2.05) is 19.1 Å². The van der Waals surface area contributed by atoms with E-state index >= 15 is 0 Å². The lowest BCUT2D eigenvalue weighted by Crippen LogP contribution is -2.44. The fraction of sp³-hybridized carbons (Fsp3) is 0.222. The number of benzene rings is 1. The van der Waals surface area contributed by atoms with Gasteiger partial charge in [0.25, 0.3) is 5.69 Å². The molecule has 1 unspecified atom stereocenters. The minimum absolute atomic E-state index is 0.0844. The second-order valence-corrected chi connectivity index (χ2v) is 5.90. The van der Waals surface area contributed by atoms with Crippen LogP contribution in [0.3, 0.4) is 0 Å². The van der Waals surface area contributed by atoms with Crippen LogP contribution in [0.25, 0.3) is 10.9 Å². The van der Waals surface area contributed by atoms with Crippen molar-refractivity contribution in [2.75, 3.05) is 6.54 Å². The van der Waals surface area contributed by atoms with Crippen LogP contribution < -0.4 is 4.73 Å². The summed E-state index contributed by atoms with van der Waals surface area (Å²) in [6.45, 7) is 2.62. The lowest BCUT2D eigenvalue weighted by Gasteiger charge is -2.32. The number of H-pyrrole nitrogens is 1. The molecule has 0 spiro atoms. The maximum absolute atomic E-state index is 12.7. The SMILES string of the molecule is CC1c2[nH]c3ccccc3c2CCN1C(=O)c1cccc[n+]1[O-]. The number of carbonyl (C=O) groups excluding carboxylic acids is 1. The highest BCUT2D eigenvalue weighted by Crippen LogP contribution is 2.34. The van der Waals surface area contributed by atoms with Crippen LogP contribution in [0.2, 0.25) is 0 Å². The summed E-state index contributed by atoms with van der Waals surface area (Å²) >= 11 is 0. The Bertz CT molecular complexity index is 900. The number of aromatic nitrogens is 2. The number of nitrogens with zero attached hydrogens (tertiary/aromatic N) is 2. The number of amides is 1. The first kappa shape index (κ1) is 13.8. The Kier molecular flexibility index (Phi) is 3.08. The summed E-state index contributed by atoms with van der Waals surface area (Å²) in [5.41, 5.74) is 3.61. The molecule has 1 atom stereocenters. The van der Waals surface area contributed by atoms with Gasteiger partial charge in [0.2, 0.25) is 0 Å². The number of rotatable bonds is 1. The molecule has 0 saturated heterocycles. The fourth-order valence-corrected chi connectivity index (χ4v) is 3.45. The molecule has 1 aromatic carbocycles. The molecule has 23 heavy (non-hydrogen) atoms. The molecule has 2 aromatic heterocycles. The van der Waals surface area contributed by atoms with Crippen molar-refractivity contribution < 1.29 is 9.52 Å². The Morgan fingerprint density at radius 2 is 2.04 bits per heavy atom. The van der Waals surface area contributed by atoms with Gasteiger partial charge in [-0.05, 0) is 31.0 Å². The summed E-state index contributed by atoms with van der Waals surface area (Å²) in [7, 11) is 0. The zero-order valence-electron chi connectivity index (χ0n) is 12.8. The summed E-state index contributed by atoms with van der Waals surface area (Å²) in [4.78, 5) is 18.0. The monoisotopic (exact) mass is 307 g/mol. The Labute approximate surface area is 133 Å². The van der Waals surface area contributed by atoms with E-state index < -0.39 is 0 Å². The Morgan fingerprint density at radius 1 is 1.26 bits per heavy atom. The van der Waals surface area contributed by atoms with E-state index in [9.17, 15) is 10.0 Å². The molecule has 1 N–H and O–H groups in total. The largest absolute Gasteiger partial charge is 0.618 e. The molecule has 4 rings (SSSR count). The standard InChI is InChI=1S/C18H17N3O2/c1-12-17-14(13-6-2-3-7-15(13)19-17)9-11-20(12)18(22)16-8-4-5-10-21(16)23/h2-8,10,12,19H,9,11H2,1H3. The number of pyridine rings is 1. The normalized spacial score (nSPS) is 17.3. The summed E-state index contributed by atoms with van der Waals surface area (Å²) in [5.74, 6) is -0.225. The molecule has 1 aliphatic heterocycles. The molecule has 3 aromatic rings. The van der Waals surface area contributed by atoms with Crippen molar-refractivity contribution in [2.24, 2.45) is 0 Å². The van der Waals surface area contributed by atoms with Crippen LogP contribution in [0.5, 0.6) is 0 Å². The van der Waals surface area contributed by atoms with E-state index in [0.717, 1.165) is 17.6 Å². The highest BCUT2D eigenvalue weighted by atomic mass is 16.5. The number of fused-ring (bicyclic) bond motifs is 3. The molecule has 3 heterocycles. The molecule has 1 aliphatic rings. The number of para-hydroxylation sites is 1. The second kappa shape index (κ2) is 5.12. The molecule has 5 nitrogen and oxygen atoms in total. The third-order valence-electron chi connectivity index (χ3n) is 4.64. The van der Waals surface area contributed by atoms with Gasteiger partial charge in [0.05, 0.1) is 6.04 Å². The number of nitrogens with one attached hydrogen (secondary N) is 1. The topological polar surface area (TPSA) is 63.0 Å². The first-order valence-electron chi connectivity index (χ1n) is 7.75. The van der Waals surface area contributed by atoms with E-state index in [2.05, 4.69) is 17.1 Å². The van der Waals surface area contributed by atoms with Gasteiger partial charge in [0.1, 0.15) is 0 Å². The molecule has 1 amide bonds. The summed E-state index contributed by atoms with van der Waals surface area (Å²) < 4.78 is 0.635. The molecule has 0 aliphatic carbocycles. The van der Waals surface area contributed by atoms with Crippen LogP contribution in [-0.4, -0.2) is 22.3 Å².